The third-order valence-corrected chi connectivity index (χ3v) is 3.42. The van der Waals surface area contributed by atoms with Crippen molar-refractivity contribution in [3.63, 3.8) is 0 Å². The molecule has 0 atom stereocenters. The molecule has 2 rings (SSSR count). The lowest BCUT2D eigenvalue weighted by atomic mass is 10.2. The van der Waals surface area contributed by atoms with Gasteiger partial charge in [-0.2, -0.15) is 0 Å². The van der Waals surface area contributed by atoms with Gasteiger partial charge >= 0.3 is 0 Å². The van der Waals surface area contributed by atoms with Crippen molar-refractivity contribution in [2.75, 3.05) is 13.6 Å². The second-order valence-electron chi connectivity index (χ2n) is 3.71. The summed E-state index contributed by atoms with van der Waals surface area (Å²) >= 11 is 11.2. The fraction of sp³-hybridized carbons (Fsp3) is 0.273. The lowest BCUT2D eigenvalue weighted by Crippen LogP contribution is -2.30. The Bertz CT molecular complexity index is 449. The largest absolute Gasteiger partial charge is 0.343 e. The zero-order valence-electron chi connectivity index (χ0n) is 8.81. The van der Waals surface area contributed by atoms with Gasteiger partial charge in [-0.1, -0.05) is 29.8 Å². The van der Waals surface area contributed by atoms with Crippen LogP contribution in [0.4, 0.5) is 0 Å². The molecule has 1 saturated heterocycles. The molecule has 1 aromatic carbocycles. The summed E-state index contributed by atoms with van der Waals surface area (Å²) in [6.07, 6.45) is 0. The van der Waals surface area contributed by atoms with Gasteiger partial charge in [-0.3, -0.25) is 9.69 Å². The van der Waals surface area contributed by atoms with Gasteiger partial charge in [-0.05, 0) is 23.8 Å². The van der Waals surface area contributed by atoms with Crippen LogP contribution < -0.4 is 0 Å². The first-order valence-corrected chi connectivity index (χ1v) is 5.67. The molecule has 1 aliphatic heterocycles. The van der Waals surface area contributed by atoms with Crippen LogP contribution in [0, 0.1) is 0 Å². The van der Waals surface area contributed by atoms with Gasteiger partial charge in [-0.25, -0.2) is 0 Å². The molecular weight excluding hydrogens is 244 g/mol. The van der Waals surface area contributed by atoms with Crippen molar-refractivity contribution in [1.82, 2.24) is 9.80 Å². The highest BCUT2D eigenvalue weighted by Gasteiger charge is 2.30. The van der Waals surface area contributed by atoms with E-state index >= 15 is 0 Å². The topological polar surface area (TPSA) is 23.6 Å². The maximum atomic E-state index is 11.7. The Labute approximate surface area is 105 Å². The lowest BCUT2D eigenvalue weighted by Gasteiger charge is -2.17. The van der Waals surface area contributed by atoms with Gasteiger partial charge in [0.2, 0.25) is 5.91 Å². The van der Waals surface area contributed by atoms with Gasteiger partial charge in [0.05, 0.1) is 13.1 Å². The average molecular weight is 255 g/mol. The summed E-state index contributed by atoms with van der Waals surface area (Å²) in [5.74, 6) is 0.0208. The monoisotopic (exact) mass is 254 g/mol. The zero-order chi connectivity index (χ0) is 11.7. The lowest BCUT2D eigenvalue weighted by molar-refractivity contribution is -0.125. The fourth-order valence-corrected chi connectivity index (χ4v) is 2.05. The Kier molecular flexibility index (Phi) is 3.12. The first kappa shape index (κ1) is 11.4. The molecule has 3 nitrogen and oxygen atoms in total. The molecule has 0 N–H and O–H groups in total. The highest BCUT2D eigenvalue weighted by atomic mass is 35.5. The molecule has 0 bridgehead atoms. The third-order valence-electron chi connectivity index (χ3n) is 2.52. The van der Waals surface area contributed by atoms with E-state index in [1.807, 2.05) is 31.3 Å². The van der Waals surface area contributed by atoms with Crippen molar-refractivity contribution in [1.29, 1.82) is 0 Å². The Balaban J connectivity index is 2.20. The van der Waals surface area contributed by atoms with E-state index < -0.39 is 0 Å². The summed E-state index contributed by atoms with van der Waals surface area (Å²) in [5.41, 5.74) is 0.912. The van der Waals surface area contributed by atoms with Crippen molar-refractivity contribution in [2.45, 2.75) is 6.54 Å². The maximum Gasteiger partial charge on any atom is 0.248 e. The van der Waals surface area contributed by atoms with E-state index in [0.717, 1.165) is 5.56 Å². The highest BCUT2D eigenvalue weighted by molar-refractivity contribution is 7.80. The molecule has 5 heteroatoms. The Hall–Kier alpha value is -1.13. The van der Waals surface area contributed by atoms with Gasteiger partial charge in [-0.15, -0.1) is 0 Å². The van der Waals surface area contributed by atoms with Crippen LogP contribution in [0.3, 0.4) is 0 Å². The predicted molar refractivity (Wildman–Crippen MR) is 67.2 cm³/mol. The quantitative estimate of drug-likeness (QED) is 0.754. The van der Waals surface area contributed by atoms with E-state index in [4.69, 9.17) is 23.8 Å². The van der Waals surface area contributed by atoms with E-state index in [1.165, 1.54) is 0 Å². The third kappa shape index (κ3) is 2.03. The van der Waals surface area contributed by atoms with Crippen LogP contribution in [0.5, 0.6) is 0 Å². The van der Waals surface area contributed by atoms with E-state index in [1.54, 1.807) is 9.80 Å². The van der Waals surface area contributed by atoms with Crippen molar-refractivity contribution in [3.05, 3.63) is 34.9 Å². The van der Waals surface area contributed by atoms with Crippen LogP contribution in [-0.2, 0) is 11.3 Å². The molecule has 1 fully saturated rings. The van der Waals surface area contributed by atoms with Gasteiger partial charge in [0.25, 0.3) is 0 Å². The molecule has 1 aromatic rings. The van der Waals surface area contributed by atoms with E-state index in [9.17, 15) is 4.79 Å². The molecular formula is C11H11ClN2OS. The standard InChI is InChI=1S/C11H11ClN2OS/c1-13-7-10(15)14(11(13)16)6-8-4-2-3-5-9(8)12/h2-5H,6-7H2,1H3. The zero-order valence-corrected chi connectivity index (χ0v) is 10.4. The van der Waals surface area contributed by atoms with Crippen LogP contribution in [0.15, 0.2) is 24.3 Å². The summed E-state index contributed by atoms with van der Waals surface area (Å²) in [6, 6.07) is 7.47. The van der Waals surface area contributed by atoms with Crippen LogP contribution in [0.1, 0.15) is 5.56 Å². The normalized spacial score (nSPS) is 16.1. The number of hydrogen-bond acceptors (Lipinski definition) is 2. The van der Waals surface area contributed by atoms with E-state index in [0.29, 0.717) is 23.2 Å². The van der Waals surface area contributed by atoms with Crippen LogP contribution in [0.2, 0.25) is 5.02 Å². The van der Waals surface area contributed by atoms with Crippen molar-refractivity contribution in [2.24, 2.45) is 0 Å². The van der Waals surface area contributed by atoms with Crippen molar-refractivity contribution >= 4 is 34.8 Å². The molecule has 84 valence electrons. The first-order valence-electron chi connectivity index (χ1n) is 4.88. The number of carbonyl (C=O) groups is 1. The number of nitrogens with zero attached hydrogens (tertiary/aromatic N) is 2. The molecule has 1 heterocycles. The molecule has 1 amide bonds. The van der Waals surface area contributed by atoms with Gasteiger partial charge in [0.15, 0.2) is 5.11 Å². The molecule has 1 aliphatic rings. The minimum absolute atomic E-state index is 0.0208. The number of thiocarbonyl (C=S) groups is 1. The number of rotatable bonds is 2. The highest BCUT2D eigenvalue weighted by Crippen LogP contribution is 2.19. The Morgan fingerprint density at radius 3 is 2.69 bits per heavy atom. The number of likely N-dealkylation sites (N-methyl/N-ethyl adjacent to an activating group) is 1. The van der Waals surface area contributed by atoms with Crippen molar-refractivity contribution < 1.29 is 4.79 Å². The maximum absolute atomic E-state index is 11.7. The van der Waals surface area contributed by atoms with Gasteiger partial charge < -0.3 is 4.90 Å². The minimum atomic E-state index is 0.0208. The van der Waals surface area contributed by atoms with Crippen LogP contribution >= 0.6 is 23.8 Å². The summed E-state index contributed by atoms with van der Waals surface area (Å²) in [5, 5.41) is 1.22. The summed E-state index contributed by atoms with van der Waals surface area (Å²) in [7, 11) is 1.81. The molecule has 16 heavy (non-hydrogen) atoms. The molecule has 0 aromatic heterocycles. The molecule has 0 radical (unpaired) electrons. The van der Waals surface area contributed by atoms with Crippen LogP contribution in [-0.4, -0.2) is 34.4 Å². The smallest absolute Gasteiger partial charge is 0.248 e. The summed E-state index contributed by atoms with van der Waals surface area (Å²) < 4.78 is 0. The Morgan fingerprint density at radius 1 is 1.44 bits per heavy atom. The number of hydrogen-bond donors (Lipinski definition) is 0. The molecule has 0 spiro atoms. The Morgan fingerprint density at radius 2 is 2.12 bits per heavy atom. The van der Waals surface area contributed by atoms with E-state index in [-0.39, 0.29) is 5.91 Å². The van der Waals surface area contributed by atoms with Gasteiger partial charge in [0, 0.05) is 12.1 Å². The number of benzene rings is 1. The van der Waals surface area contributed by atoms with Crippen molar-refractivity contribution in [3.8, 4) is 0 Å². The van der Waals surface area contributed by atoms with E-state index in [2.05, 4.69) is 0 Å². The molecule has 0 unspecified atom stereocenters. The van der Waals surface area contributed by atoms with Gasteiger partial charge in [0.1, 0.15) is 0 Å². The number of halogens is 1. The second kappa shape index (κ2) is 4.39. The molecule has 0 aliphatic carbocycles. The summed E-state index contributed by atoms with van der Waals surface area (Å²) in [6.45, 7) is 0.797. The second-order valence-corrected chi connectivity index (χ2v) is 4.48. The predicted octanol–water partition coefficient (Wildman–Crippen LogP) is 1.90. The average Bonchev–Trinajstić information content (AvgIpc) is 2.48. The molecule has 0 saturated carbocycles. The summed E-state index contributed by atoms with van der Waals surface area (Å²) in [4.78, 5) is 15.0. The minimum Gasteiger partial charge on any atom is -0.343 e. The first-order chi connectivity index (χ1) is 7.59. The van der Waals surface area contributed by atoms with Crippen LogP contribution in [0.25, 0.3) is 0 Å². The number of amides is 1. The SMILES string of the molecule is CN1CC(=O)N(Cc2ccccc2Cl)C1=S. The fourth-order valence-electron chi connectivity index (χ4n) is 1.62. The number of carbonyl (C=O) groups excluding carboxylic acids is 1.